The predicted molar refractivity (Wildman–Crippen MR) is 139 cm³/mol. The van der Waals surface area contributed by atoms with E-state index in [2.05, 4.69) is 25.6 Å². The predicted octanol–water partition coefficient (Wildman–Crippen LogP) is 4.66. The molecule has 0 aliphatic heterocycles. The molecule has 0 saturated heterocycles. The fraction of sp³-hybridized carbons (Fsp3) is 0.320. The Morgan fingerprint density at radius 3 is 2.65 bits per heavy atom. The Labute approximate surface area is 212 Å². The van der Waals surface area contributed by atoms with E-state index >= 15 is 0 Å². The highest BCUT2D eigenvalue weighted by Gasteiger charge is 2.29. The Balaban J connectivity index is 1.65. The van der Waals surface area contributed by atoms with Crippen LogP contribution in [0.15, 0.2) is 48.8 Å². The zero-order valence-electron chi connectivity index (χ0n) is 21.0. The average molecular weight is 515 g/mol. The summed E-state index contributed by atoms with van der Waals surface area (Å²) < 4.78 is 45.9. The lowest BCUT2D eigenvalue weighted by Crippen LogP contribution is -2.32. The van der Waals surface area contributed by atoms with Crippen molar-refractivity contribution < 1.29 is 17.9 Å². The molecule has 0 aliphatic carbocycles. The minimum Gasteiger partial charge on any atom is -0.466 e. The quantitative estimate of drug-likeness (QED) is 0.296. The van der Waals surface area contributed by atoms with Gasteiger partial charge in [-0.1, -0.05) is 18.2 Å². The maximum absolute atomic E-state index is 12.9. The number of rotatable bonds is 9. The lowest BCUT2D eigenvalue weighted by atomic mass is 10.1. The number of para-hydroxylation sites is 1. The largest absolute Gasteiger partial charge is 0.466 e. The van der Waals surface area contributed by atoms with Gasteiger partial charge in [0, 0.05) is 48.5 Å². The third kappa shape index (κ3) is 6.20. The molecule has 0 fully saturated rings. The molecule has 0 radical (unpaired) electrons. The summed E-state index contributed by atoms with van der Waals surface area (Å²) in [7, 11) is 5.78. The summed E-state index contributed by atoms with van der Waals surface area (Å²) >= 11 is 0. The van der Waals surface area contributed by atoms with Crippen molar-refractivity contribution in [3.8, 4) is 17.1 Å². The molecule has 0 spiro atoms. The molecule has 4 N–H and O–H groups in total. The number of alkyl halides is 3. The molecule has 0 amide bonds. The highest BCUT2D eigenvalue weighted by atomic mass is 19.4. The Bertz CT molecular complexity index is 1390. The second kappa shape index (κ2) is 10.5. The Morgan fingerprint density at radius 1 is 1.16 bits per heavy atom. The monoisotopic (exact) mass is 514 g/mol. The summed E-state index contributed by atoms with van der Waals surface area (Å²) in [6.45, 7) is 0.954. The standard InChI is InChI=1S/C25H29F3N8O/c1-15(35(2)3)12-31-22-18(29)11-20(23(34-22)37-14-25(26,27)28)33-24-30-10-9-19(32-24)17-13-36(4)21-8-6-5-7-16(17)21/h5-11,13,15H,12,14,29H2,1-4H3,(H,31,34)(H,30,32,33). The first-order chi connectivity index (χ1) is 17.5. The second-order valence-electron chi connectivity index (χ2n) is 8.94. The number of anilines is 4. The zero-order valence-corrected chi connectivity index (χ0v) is 21.0. The van der Waals surface area contributed by atoms with Gasteiger partial charge in [0.05, 0.1) is 11.4 Å². The Hall–Kier alpha value is -4.06. The number of hydrogen-bond acceptors (Lipinski definition) is 8. The number of halogens is 3. The van der Waals surface area contributed by atoms with Crippen molar-refractivity contribution in [1.82, 2.24) is 24.4 Å². The molecular weight excluding hydrogens is 485 g/mol. The van der Waals surface area contributed by atoms with E-state index in [1.807, 2.05) is 68.0 Å². The van der Waals surface area contributed by atoms with Crippen molar-refractivity contribution >= 4 is 34.0 Å². The van der Waals surface area contributed by atoms with Crippen molar-refractivity contribution in [3.63, 3.8) is 0 Å². The number of pyridine rings is 1. The van der Waals surface area contributed by atoms with Crippen LogP contribution >= 0.6 is 0 Å². The van der Waals surface area contributed by atoms with E-state index in [1.54, 1.807) is 12.3 Å². The van der Waals surface area contributed by atoms with Crippen LogP contribution in [0.3, 0.4) is 0 Å². The van der Waals surface area contributed by atoms with Crippen LogP contribution in [0, 0.1) is 0 Å². The highest BCUT2D eigenvalue weighted by Crippen LogP contribution is 2.34. The van der Waals surface area contributed by atoms with Crippen LogP contribution in [0.2, 0.25) is 0 Å². The number of fused-ring (bicyclic) bond motifs is 1. The van der Waals surface area contributed by atoms with Gasteiger partial charge in [0.2, 0.25) is 11.8 Å². The van der Waals surface area contributed by atoms with Gasteiger partial charge in [0.1, 0.15) is 5.69 Å². The Morgan fingerprint density at radius 2 is 1.92 bits per heavy atom. The van der Waals surface area contributed by atoms with Crippen LogP contribution < -0.4 is 21.1 Å². The SMILES string of the molecule is CC(CNc1nc(OCC(F)(F)F)c(Nc2nccc(-c3cn(C)c4ccccc34)n2)cc1N)N(C)C. The van der Waals surface area contributed by atoms with Gasteiger partial charge in [-0.05, 0) is 39.2 Å². The molecule has 3 heterocycles. The van der Waals surface area contributed by atoms with Crippen LogP contribution in [-0.2, 0) is 7.05 Å². The van der Waals surface area contributed by atoms with Crippen LogP contribution in [0.1, 0.15) is 6.92 Å². The highest BCUT2D eigenvalue weighted by molar-refractivity contribution is 5.95. The van der Waals surface area contributed by atoms with Crippen LogP contribution in [0.5, 0.6) is 5.88 Å². The smallest absolute Gasteiger partial charge is 0.422 e. The molecular formula is C25H29F3N8O. The molecule has 3 aromatic heterocycles. The molecule has 12 heteroatoms. The molecule has 37 heavy (non-hydrogen) atoms. The lowest BCUT2D eigenvalue weighted by Gasteiger charge is -2.21. The zero-order chi connectivity index (χ0) is 26.7. The number of benzene rings is 1. The summed E-state index contributed by atoms with van der Waals surface area (Å²) in [4.78, 5) is 15.0. The molecule has 1 atom stereocenters. The fourth-order valence-electron chi connectivity index (χ4n) is 3.67. The minimum atomic E-state index is -4.54. The van der Waals surface area contributed by atoms with E-state index in [0.717, 1.165) is 16.5 Å². The van der Waals surface area contributed by atoms with Crippen LogP contribution in [0.4, 0.5) is 36.3 Å². The number of ether oxygens (including phenoxy) is 1. The van der Waals surface area contributed by atoms with Gasteiger partial charge in [-0.3, -0.25) is 0 Å². The number of hydrogen-bond donors (Lipinski definition) is 3. The van der Waals surface area contributed by atoms with Crippen LogP contribution in [-0.4, -0.2) is 63.9 Å². The number of aryl methyl sites for hydroxylation is 1. The third-order valence-corrected chi connectivity index (χ3v) is 5.91. The third-order valence-electron chi connectivity index (χ3n) is 5.91. The number of aromatic nitrogens is 4. The first-order valence-electron chi connectivity index (χ1n) is 11.6. The summed E-state index contributed by atoms with van der Waals surface area (Å²) in [5.74, 6) is 0.109. The molecule has 4 aromatic rings. The van der Waals surface area contributed by atoms with Crippen molar-refractivity contribution in [1.29, 1.82) is 0 Å². The summed E-state index contributed by atoms with van der Waals surface area (Å²) in [6.07, 6.45) is -1.01. The molecule has 1 unspecified atom stereocenters. The fourth-order valence-corrected chi connectivity index (χ4v) is 3.67. The number of nitrogens with zero attached hydrogens (tertiary/aromatic N) is 5. The summed E-state index contributed by atoms with van der Waals surface area (Å²) in [5.41, 5.74) is 9.10. The van der Waals surface area contributed by atoms with Gasteiger partial charge >= 0.3 is 6.18 Å². The number of nitrogens with two attached hydrogens (primary N) is 1. The molecule has 9 nitrogen and oxygen atoms in total. The Kier molecular flexibility index (Phi) is 7.39. The van der Waals surface area contributed by atoms with Gasteiger partial charge in [0.25, 0.3) is 0 Å². The number of likely N-dealkylation sites (N-methyl/N-ethyl adjacent to an activating group) is 1. The molecule has 4 rings (SSSR count). The van der Waals surface area contributed by atoms with Gasteiger partial charge < -0.3 is 30.6 Å². The van der Waals surface area contributed by atoms with Gasteiger partial charge in [-0.2, -0.15) is 18.2 Å². The molecule has 0 bridgehead atoms. The summed E-state index contributed by atoms with van der Waals surface area (Å²) in [6, 6.07) is 11.3. The van der Waals surface area contributed by atoms with Gasteiger partial charge in [-0.15, -0.1) is 0 Å². The van der Waals surface area contributed by atoms with E-state index in [0.29, 0.717) is 12.2 Å². The summed E-state index contributed by atoms with van der Waals surface area (Å²) in [5, 5.41) is 7.01. The topological polar surface area (TPSA) is 106 Å². The molecule has 1 aromatic carbocycles. The maximum Gasteiger partial charge on any atom is 0.422 e. The van der Waals surface area contributed by atoms with E-state index < -0.39 is 12.8 Å². The van der Waals surface area contributed by atoms with E-state index in [-0.39, 0.29) is 35.1 Å². The van der Waals surface area contributed by atoms with Crippen molar-refractivity contribution in [2.75, 3.05) is 43.6 Å². The first-order valence-corrected chi connectivity index (χ1v) is 11.6. The lowest BCUT2D eigenvalue weighted by molar-refractivity contribution is -0.153. The maximum atomic E-state index is 12.9. The number of nitrogens with one attached hydrogen (secondary N) is 2. The minimum absolute atomic E-state index is 0.114. The molecule has 0 aliphatic rings. The van der Waals surface area contributed by atoms with Gasteiger partial charge in [0.15, 0.2) is 12.4 Å². The normalized spacial score (nSPS) is 12.6. The van der Waals surface area contributed by atoms with Crippen molar-refractivity contribution in [3.05, 3.63) is 48.8 Å². The van der Waals surface area contributed by atoms with Crippen LogP contribution in [0.25, 0.3) is 22.2 Å². The molecule has 196 valence electrons. The number of nitrogen functional groups attached to an aromatic ring is 1. The average Bonchev–Trinajstić information content (AvgIpc) is 3.19. The second-order valence-corrected chi connectivity index (χ2v) is 8.94. The molecule has 0 saturated carbocycles. The van der Waals surface area contributed by atoms with Gasteiger partial charge in [-0.25, -0.2) is 9.97 Å². The van der Waals surface area contributed by atoms with E-state index in [4.69, 9.17) is 10.5 Å². The first kappa shape index (κ1) is 26.0. The van der Waals surface area contributed by atoms with Crippen molar-refractivity contribution in [2.24, 2.45) is 7.05 Å². The van der Waals surface area contributed by atoms with E-state index in [9.17, 15) is 13.2 Å². The van der Waals surface area contributed by atoms with Crippen molar-refractivity contribution in [2.45, 2.75) is 19.1 Å². The van der Waals surface area contributed by atoms with E-state index in [1.165, 1.54) is 6.07 Å².